The van der Waals surface area contributed by atoms with Gasteiger partial charge in [-0.15, -0.1) is 0 Å². The van der Waals surface area contributed by atoms with Crippen molar-refractivity contribution in [1.29, 1.82) is 0 Å². The van der Waals surface area contributed by atoms with Crippen molar-refractivity contribution in [2.45, 2.75) is 19.1 Å². The van der Waals surface area contributed by atoms with Crippen LogP contribution in [0.5, 0.6) is 0 Å². The number of sulfonamides is 1. The average Bonchev–Trinajstić information content (AvgIpc) is 2.27. The molecule has 0 unspecified atom stereocenters. The van der Waals surface area contributed by atoms with Crippen LogP contribution in [-0.4, -0.2) is 28.7 Å². The van der Waals surface area contributed by atoms with Gasteiger partial charge in [-0.3, -0.25) is 0 Å². The summed E-state index contributed by atoms with van der Waals surface area (Å²) >= 11 is 0. The van der Waals surface area contributed by atoms with Crippen LogP contribution in [-0.2, 0) is 20.5 Å². The summed E-state index contributed by atoms with van der Waals surface area (Å²) in [5.41, 5.74) is 1.93. The van der Waals surface area contributed by atoms with Gasteiger partial charge in [0, 0.05) is 20.3 Å². The summed E-state index contributed by atoms with van der Waals surface area (Å²) in [6, 6.07) is 7.50. The second kappa shape index (κ2) is 6.74. The molecule has 0 aliphatic heterocycles. The lowest BCUT2D eigenvalue weighted by molar-refractivity contribution is 0.196. The summed E-state index contributed by atoms with van der Waals surface area (Å²) < 4.78 is 30.8. The molecule has 0 saturated carbocycles. The van der Waals surface area contributed by atoms with Crippen molar-refractivity contribution in [3.8, 4) is 0 Å². The van der Waals surface area contributed by atoms with Crippen molar-refractivity contribution in [2.24, 2.45) is 0 Å². The molecular weight excluding hydrogens is 238 g/mol. The Morgan fingerprint density at radius 3 is 2.47 bits per heavy atom. The quantitative estimate of drug-likeness (QED) is 0.752. The van der Waals surface area contributed by atoms with Gasteiger partial charge in [-0.1, -0.05) is 29.8 Å². The molecule has 0 saturated heterocycles. The predicted molar refractivity (Wildman–Crippen MR) is 68.3 cm³/mol. The minimum atomic E-state index is -3.23. The van der Waals surface area contributed by atoms with E-state index in [4.69, 9.17) is 4.74 Å². The molecular formula is C12H19NO3S. The maximum absolute atomic E-state index is 11.7. The number of hydrogen-bond acceptors (Lipinski definition) is 3. The van der Waals surface area contributed by atoms with Gasteiger partial charge in [-0.25, -0.2) is 13.1 Å². The van der Waals surface area contributed by atoms with Crippen LogP contribution in [0.3, 0.4) is 0 Å². The van der Waals surface area contributed by atoms with E-state index in [0.717, 1.165) is 11.1 Å². The SMILES string of the molecule is COCCCNS(=O)(=O)Cc1ccc(C)cc1. The third kappa shape index (κ3) is 5.81. The van der Waals surface area contributed by atoms with E-state index in [-0.39, 0.29) is 5.75 Å². The lowest BCUT2D eigenvalue weighted by Gasteiger charge is -2.06. The molecule has 96 valence electrons. The van der Waals surface area contributed by atoms with E-state index in [1.807, 2.05) is 31.2 Å². The van der Waals surface area contributed by atoms with Crippen molar-refractivity contribution in [3.05, 3.63) is 35.4 Å². The number of aryl methyl sites for hydroxylation is 1. The highest BCUT2D eigenvalue weighted by Crippen LogP contribution is 2.06. The number of hydrogen-bond donors (Lipinski definition) is 1. The van der Waals surface area contributed by atoms with Crippen LogP contribution in [0.2, 0.25) is 0 Å². The van der Waals surface area contributed by atoms with Gasteiger partial charge in [-0.2, -0.15) is 0 Å². The molecule has 4 nitrogen and oxygen atoms in total. The third-order valence-corrected chi connectivity index (χ3v) is 3.68. The molecule has 0 aromatic heterocycles. The Balaban J connectivity index is 2.46. The first-order valence-electron chi connectivity index (χ1n) is 5.55. The highest BCUT2D eigenvalue weighted by Gasteiger charge is 2.10. The maximum Gasteiger partial charge on any atom is 0.215 e. The molecule has 0 amide bonds. The van der Waals surface area contributed by atoms with Gasteiger partial charge in [0.15, 0.2) is 0 Å². The Labute approximate surface area is 103 Å². The standard InChI is InChI=1S/C12H19NO3S/c1-11-4-6-12(7-5-11)10-17(14,15)13-8-3-9-16-2/h4-7,13H,3,8-10H2,1-2H3. The Kier molecular flexibility index (Phi) is 5.61. The first kappa shape index (κ1) is 14.2. The van der Waals surface area contributed by atoms with E-state index in [1.165, 1.54) is 0 Å². The van der Waals surface area contributed by atoms with Crippen LogP contribution in [0.1, 0.15) is 17.5 Å². The first-order valence-corrected chi connectivity index (χ1v) is 7.20. The van der Waals surface area contributed by atoms with Crippen LogP contribution in [0, 0.1) is 6.92 Å². The highest BCUT2D eigenvalue weighted by atomic mass is 32.2. The minimum absolute atomic E-state index is 0.0280. The number of nitrogens with one attached hydrogen (secondary N) is 1. The molecule has 1 rings (SSSR count). The Hall–Kier alpha value is -0.910. The highest BCUT2D eigenvalue weighted by molar-refractivity contribution is 7.88. The van der Waals surface area contributed by atoms with Crippen molar-refractivity contribution < 1.29 is 13.2 Å². The van der Waals surface area contributed by atoms with Gasteiger partial charge in [0.05, 0.1) is 5.75 Å². The molecule has 17 heavy (non-hydrogen) atoms. The molecule has 0 atom stereocenters. The topological polar surface area (TPSA) is 55.4 Å². The first-order chi connectivity index (χ1) is 8.03. The van der Waals surface area contributed by atoms with Crippen LogP contribution < -0.4 is 4.72 Å². The fraction of sp³-hybridized carbons (Fsp3) is 0.500. The smallest absolute Gasteiger partial charge is 0.215 e. The third-order valence-electron chi connectivity index (χ3n) is 2.32. The molecule has 0 radical (unpaired) electrons. The lowest BCUT2D eigenvalue weighted by Crippen LogP contribution is -2.26. The Bertz CT molecular complexity index is 426. The van der Waals surface area contributed by atoms with Gasteiger partial charge in [0.2, 0.25) is 10.0 Å². The average molecular weight is 257 g/mol. The molecule has 0 bridgehead atoms. The van der Waals surface area contributed by atoms with Gasteiger partial charge < -0.3 is 4.74 Å². The van der Waals surface area contributed by atoms with Crippen molar-refractivity contribution in [1.82, 2.24) is 4.72 Å². The summed E-state index contributed by atoms with van der Waals surface area (Å²) in [7, 11) is -1.64. The van der Waals surface area contributed by atoms with Crippen LogP contribution >= 0.6 is 0 Å². The second-order valence-electron chi connectivity index (χ2n) is 3.99. The molecule has 0 aliphatic rings. The number of benzene rings is 1. The van der Waals surface area contributed by atoms with Crippen molar-refractivity contribution >= 4 is 10.0 Å². The summed E-state index contributed by atoms with van der Waals surface area (Å²) in [4.78, 5) is 0. The van der Waals surface area contributed by atoms with Crippen LogP contribution in [0.4, 0.5) is 0 Å². The number of ether oxygens (including phenoxy) is 1. The van der Waals surface area contributed by atoms with Gasteiger partial charge in [-0.05, 0) is 18.9 Å². The summed E-state index contributed by atoms with van der Waals surface area (Å²) in [5, 5.41) is 0. The van der Waals surface area contributed by atoms with Crippen molar-refractivity contribution in [3.63, 3.8) is 0 Å². The molecule has 5 heteroatoms. The van der Waals surface area contributed by atoms with E-state index >= 15 is 0 Å². The molecule has 0 spiro atoms. The monoisotopic (exact) mass is 257 g/mol. The molecule has 0 heterocycles. The zero-order valence-corrected chi connectivity index (χ0v) is 11.1. The largest absolute Gasteiger partial charge is 0.385 e. The fourth-order valence-corrected chi connectivity index (χ4v) is 2.59. The zero-order valence-electron chi connectivity index (χ0n) is 10.3. The molecule has 0 fully saturated rings. The van der Waals surface area contributed by atoms with E-state index in [9.17, 15) is 8.42 Å². The molecule has 1 aromatic rings. The maximum atomic E-state index is 11.7. The van der Waals surface area contributed by atoms with Gasteiger partial charge in [0.1, 0.15) is 0 Å². The molecule has 1 N–H and O–H groups in total. The van der Waals surface area contributed by atoms with E-state index in [0.29, 0.717) is 19.6 Å². The number of rotatable bonds is 7. The lowest BCUT2D eigenvalue weighted by atomic mass is 10.2. The van der Waals surface area contributed by atoms with Crippen molar-refractivity contribution in [2.75, 3.05) is 20.3 Å². The predicted octanol–water partition coefficient (Wildman–Crippen LogP) is 1.45. The second-order valence-corrected chi connectivity index (χ2v) is 5.79. The van der Waals surface area contributed by atoms with Crippen LogP contribution in [0.15, 0.2) is 24.3 Å². The summed E-state index contributed by atoms with van der Waals surface area (Å²) in [6.45, 7) is 2.95. The Morgan fingerprint density at radius 2 is 1.88 bits per heavy atom. The normalized spacial score (nSPS) is 11.6. The summed E-state index contributed by atoms with van der Waals surface area (Å²) in [5.74, 6) is 0.0280. The zero-order chi connectivity index (χ0) is 12.7. The molecule has 0 aliphatic carbocycles. The Morgan fingerprint density at radius 1 is 1.24 bits per heavy atom. The van der Waals surface area contributed by atoms with E-state index in [1.54, 1.807) is 7.11 Å². The van der Waals surface area contributed by atoms with Crippen LogP contribution in [0.25, 0.3) is 0 Å². The minimum Gasteiger partial charge on any atom is -0.385 e. The molecule has 1 aromatic carbocycles. The number of methoxy groups -OCH3 is 1. The van der Waals surface area contributed by atoms with Gasteiger partial charge >= 0.3 is 0 Å². The fourth-order valence-electron chi connectivity index (χ4n) is 1.40. The van der Waals surface area contributed by atoms with E-state index in [2.05, 4.69) is 4.72 Å². The van der Waals surface area contributed by atoms with E-state index < -0.39 is 10.0 Å². The van der Waals surface area contributed by atoms with Gasteiger partial charge in [0.25, 0.3) is 0 Å². The summed E-state index contributed by atoms with van der Waals surface area (Å²) in [6.07, 6.45) is 0.684.